The summed E-state index contributed by atoms with van der Waals surface area (Å²) in [7, 11) is 0. The molecule has 3 rings (SSSR count). The molecule has 1 fully saturated rings. The smallest absolute Gasteiger partial charge is 0.250 e. The van der Waals surface area contributed by atoms with Gasteiger partial charge in [-0.1, -0.05) is 29.8 Å². The summed E-state index contributed by atoms with van der Waals surface area (Å²) in [4.78, 5) is 23.7. The highest BCUT2D eigenvalue weighted by Crippen LogP contribution is 2.47. The second kappa shape index (κ2) is 7.01. The van der Waals surface area contributed by atoms with Crippen LogP contribution in [0.5, 0.6) is 0 Å². The molecular formula is C18H19ClN2O2. The van der Waals surface area contributed by atoms with Crippen LogP contribution < -0.4 is 10.9 Å². The van der Waals surface area contributed by atoms with Crippen molar-refractivity contribution in [2.24, 2.45) is 5.92 Å². The number of benzene rings is 1. The van der Waals surface area contributed by atoms with Gasteiger partial charge in [-0.05, 0) is 42.5 Å². The highest BCUT2D eigenvalue weighted by molar-refractivity contribution is 6.30. The molecule has 23 heavy (non-hydrogen) atoms. The molecule has 1 aromatic heterocycles. The van der Waals surface area contributed by atoms with Gasteiger partial charge in [0.25, 0.3) is 0 Å². The first-order chi connectivity index (χ1) is 11.1. The second-order valence-electron chi connectivity index (χ2n) is 5.88. The highest BCUT2D eigenvalue weighted by Gasteiger charge is 2.43. The molecule has 2 aromatic rings. The SMILES string of the molecule is O=C(NCCCn1ccccc1=O)[C@H]1C[C@@H]1c1ccc(Cl)cc1. The van der Waals surface area contributed by atoms with E-state index in [0.29, 0.717) is 24.0 Å². The van der Waals surface area contributed by atoms with Crippen molar-refractivity contribution in [1.82, 2.24) is 9.88 Å². The van der Waals surface area contributed by atoms with E-state index in [9.17, 15) is 9.59 Å². The zero-order chi connectivity index (χ0) is 16.2. The number of nitrogens with one attached hydrogen (secondary N) is 1. The molecule has 1 heterocycles. The molecule has 5 heteroatoms. The lowest BCUT2D eigenvalue weighted by atomic mass is 10.1. The van der Waals surface area contributed by atoms with Crippen molar-refractivity contribution >= 4 is 17.5 Å². The molecule has 0 saturated heterocycles. The summed E-state index contributed by atoms with van der Waals surface area (Å²) in [5.41, 5.74) is 1.16. The normalized spacial score (nSPS) is 19.3. The number of pyridine rings is 1. The van der Waals surface area contributed by atoms with Gasteiger partial charge < -0.3 is 9.88 Å². The number of rotatable bonds is 6. The van der Waals surface area contributed by atoms with Crippen molar-refractivity contribution in [2.45, 2.75) is 25.3 Å². The Labute approximate surface area is 140 Å². The first kappa shape index (κ1) is 15.8. The molecule has 120 valence electrons. The summed E-state index contributed by atoms with van der Waals surface area (Å²) in [6.07, 6.45) is 3.40. The maximum atomic E-state index is 12.1. The van der Waals surface area contributed by atoms with E-state index in [4.69, 9.17) is 11.6 Å². The van der Waals surface area contributed by atoms with Gasteiger partial charge in [-0.3, -0.25) is 9.59 Å². The van der Waals surface area contributed by atoms with Crippen LogP contribution in [0.15, 0.2) is 53.5 Å². The number of amides is 1. The minimum Gasteiger partial charge on any atom is -0.356 e. The molecule has 1 amide bonds. The lowest BCUT2D eigenvalue weighted by Gasteiger charge is -2.07. The average molecular weight is 331 g/mol. The third-order valence-corrected chi connectivity index (χ3v) is 4.45. The van der Waals surface area contributed by atoms with Crippen LogP contribution in [0.2, 0.25) is 5.02 Å². The highest BCUT2D eigenvalue weighted by atomic mass is 35.5. The fraction of sp³-hybridized carbons (Fsp3) is 0.333. The number of nitrogens with zero attached hydrogens (tertiary/aromatic N) is 1. The van der Waals surface area contributed by atoms with E-state index in [1.54, 1.807) is 22.9 Å². The fourth-order valence-corrected chi connectivity index (χ4v) is 2.93. The topological polar surface area (TPSA) is 51.1 Å². The summed E-state index contributed by atoms with van der Waals surface area (Å²) < 4.78 is 1.65. The molecule has 0 spiro atoms. The predicted molar refractivity (Wildman–Crippen MR) is 90.6 cm³/mol. The molecule has 1 N–H and O–H groups in total. The van der Waals surface area contributed by atoms with Crippen molar-refractivity contribution in [3.8, 4) is 0 Å². The van der Waals surface area contributed by atoms with Gasteiger partial charge in [-0.15, -0.1) is 0 Å². The first-order valence-corrected chi connectivity index (χ1v) is 8.21. The standard InChI is InChI=1S/C18H19ClN2O2/c19-14-7-5-13(6-8-14)15-12-16(15)18(23)20-9-3-11-21-10-2-1-4-17(21)22/h1-2,4-8,10,15-16H,3,9,11-12H2,(H,20,23)/t15-,16+/m1/s1. The lowest BCUT2D eigenvalue weighted by Crippen LogP contribution is -2.28. The van der Waals surface area contributed by atoms with Crippen LogP contribution in [-0.4, -0.2) is 17.0 Å². The lowest BCUT2D eigenvalue weighted by molar-refractivity contribution is -0.122. The molecule has 1 aliphatic carbocycles. The molecule has 0 radical (unpaired) electrons. The minimum absolute atomic E-state index is 0.0104. The van der Waals surface area contributed by atoms with E-state index in [0.717, 1.165) is 12.8 Å². The molecule has 1 saturated carbocycles. The van der Waals surface area contributed by atoms with Crippen molar-refractivity contribution < 1.29 is 4.79 Å². The number of aryl methyl sites for hydroxylation is 1. The maximum Gasteiger partial charge on any atom is 0.250 e. The number of carbonyl (C=O) groups is 1. The Morgan fingerprint density at radius 3 is 2.74 bits per heavy atom. The Morgan fingerprint density at radius 2 is 2.00 bits per heavy atom. The summed E-state index contributed by atoms with van der Waals surface area (Å²) in [5.74, 6) is 0.477. The second-order valence-corrected chi connectivity index (χ2v) is 6.31. The third-order valence-electron chi connectivity index (χ3n) is 4.20. The van der Waals surface area contributed by atoms with Crippen molar-refractivity contribution in [3.05, 3.63) is 69.6 Å². The van der Waals surface area contributed by atoms with E-state index in [1.165, 1.54) is 5.56 Å². The summed E-state index contributed by atoms with van der Waals surface area (Å²) >= 11 is 5.88. The van der Waals surface area contributed by atoms with Crippen LogP contribution in [0.4, 0.5) is 0 Å². The van der Waals surface area contributed by atoms with Crippen LogP contribution in [0.25, 0.3) is 0 Å². The van der Waals surface area contributed by atoms with Gasteiger partial charge in [0, 0.05) is 36.3 Å². The van der Waals surface area contributed by atoms with Crippen LogP contribution in [0, 0.1) is 5.92 Å². The quantitative estimate of drug-likeness (QED) is 0.828. The number of hydrogen-bond donors (Lipinski definition) is 1. The maximum absolute atomic E-state index is 12.1. The number of hydrogen-bond acceptors (Lipinski definition) is 2. The molecule has 1 aliphatic rings. The summed E-state index contributed by atoms with van der Waals surface area (Å²) in [6, 6.07) is 12.8. The van der Waals surface area contributed by atoms with Gasteiger partial charge >= 0.3 is 0 Å². The Bertz CT molecular complexity index is 739. The molecule has 1 aromatic carbocycles. The average Bonchev–Trinajstić information content (AvgIpc) is 3.34. The van der Waals surface area contributed by atoms with E-state index in [1.807, 2.05) is 30.3 Å². The van der Waals surface area contributed by atoms with Crippen LogP contribution >= 0.6 is 11.6 Å². The van der Waals surface area contributed by atoms with Gasteiger partial charge in [0.1, 0.15) is 0 Å². The van der Waals surface area contributed by atoms with Gasteiger partial charge in [0.05, 0.1) is 0 Å². The van der Waals surface area contributed by atoms with Gasteiger partial charge in [-0.2, -0.15) is 0 Å². The van der Waals surface area contributed by atoms with E-state index < -0.39 is 0 Å². The van der Waals surface area contributed by atoms with Crippen molar-refractivity contribution in [2.75, 3.05) is 6.54 Å². The molecule has 4 nitrogen and oxygen atoms in total. The fourth-order valence-electron chi connectivity index (χ4n) is 2.80. The number of aromatic nitrogens is 1. The van der Waals surface area contributed by atoms with Crippen molar-refractivity contribution in [3.63, 3.8) is 0 Å². The van der Waals surface area contributed by atoms with E-state index in [-0.39, 0.29) is 17.4 Å². The zero-order valence-electron chi connectivity index (χ0n) is 12.7. The molecule has 0 bridgehead atoms. The largest absolute Gasteiger partial charge is 0.356 e. The Morgan fingerprint density at radius 1 is 1.22 bits per heavy atom. The Hall–Kier alpha value is -2.07. The van der Waals surface area contributed by atoms with Gasteiger partial charge in [-0.25, -0.2) is 0 Å². The molecule has 0 aliphatic heterocycles. The Kier molecular flexibility index (Phi) is 4.82. The number of halogens is 1. The third kappa shape index (κ3) is 4.02. The van der Waals surface area contributed by atoms with Gasteiger partial charge in [0.2, 0.25) is 11.5 Å². The van der Waals surface area contributed by atoms with E-state index in [2.05, 4.69) is 5.32 Å². The van der Waals surface area contributed by atoms with Crippen LogP contribution in [-0.2, 0) is 11.3 Å². The predicted octanol–water partition coefficient (Wildman–Crippen LogP) is 2.81. The molecule has 0 unspecified atom stereocenters. The summed E-state index contributed by atoms with van der Waals surface area (Å²) in [5, 5.41) is 3.68. The molecule has 2 atom stereocenters. The van der Waals surface area contributed by atoms with Crippen molar-refractivity contribution in [1.29, 1.82) is 0 Å². The first-order valence-electron chi connectivity index (χ1n) is 7.84. The van der Waals surface area contributed by atoms with E-state index >= 15 is 0 Å². The Balaban J connectivity index is 1.42. The van der Waals surface area contributed by atoms with Crippen LogP contribution in [0.3, 0.4) is 0 Å². The summed E-state index contributed by atoms with van der Waals surface area (Å²) in [6.45, 7) is 1.20. The molecular weight excluding hydrogens is 312 g/mol. The zero-order valence-corrected chi connectivity index (χ0v) is 13.5. The van der Waals surface area contributed by atoms with Gasteiger partial charge in [0.15, 0.2) is 0 Å². The number of carbonyl (C=O) groups excluding carboxylic acids is 1. The van der Waals surface area contributed by atoms with Crippen LogP contribution in [0.1, 0.15) is 24.3 Å². The monoisotopic (exact) mass is 330 g/mol. The minimum atomic E-state index is -0.0104.